The van der Waals surface area contributed by atoms with Crippen LogP contribution in [0, 0.1) is 5.82 Å². The summed E-state index contributed by atoms with van der Waals surface area (Å²) >= 11 is 0. The van der Waals surface area contributed by atoms with Gasteiger partial charge in [0.1, 0.15) is 11.6 Å². The molecule has 0 aliphatic heterocycles. The minimum absolute atomic E-state index is 0.143. The molecule has 2 aromatic carbocycles. The monoisotopic (exact) mass is 273 g/mol. The summed E-state index contributed by atoms with van der Waals surface area (Å²) in [5, 5.41) is 3.41. The zero-order valence-corrected chi connectivity index (χ0v) is 11.9. The van der Waals surface area contributed by atoms with Gasteiger partial charge in [0.2, 0.25) is 0 Å². The fourth-order valence-corrected chi connectivity index (χ4v) is 2.12. The first-order valence-corrected chi connectivity index (χ1v) is 6.81. The molecule has 2 aromatic rings. The summed E-state index contributed by atoms with van der Waals surface area (Å²) in [7, 11) is 1.66. The Bertz CT molecular complexity index is 539. The first-order chi connectivity index (χ1) is 9.69. The predicted octanol–water partition coefficient (Wildman–Crippen LogP) is 3.73. The molecule has 1 atom stereocenters. The Labute approximate surface area is 119 Å². The van der Waals surface area contributed by atoms with Gasteiger partial charge in [-0.25, -0.2) is 4.39 Å². The highest BCUT2D eigenvalue weighted by atomic mass is 19.1. The third-order valence-electron chi connectivity index (χ3n) is 3.37. The Balaban J connectivity index is 1.82. The third-order valence-corrected chi connectivity index (χ3v) is 3.37. The van der Waals surface area contributed by atoms with E-state index >= 15 is 0 Å². The van der Waals surface area contributed by atoms with Crippen LogP contribution in [0.15, 0.2) is 48.5 Å². The average Bonchev–Trinajstić information content (AvgIpc) is 2.48. The number of rotatable bonds is 6. The molecule has 106 valence electrons. The number of benzene rings is 2. The van der Waals surface area contributed by atoms with Gasteiger partial charge in [-0.1, -0.05) is 24.3 Å². The van der Waals surface area contributed by atoms with Crippen molar-refractivity contribution in [3.63, 3.8) is 0 Å². The molecule has 1 unspecified atom stereocenters. The molecule has 0 aliphatic rings. The van der Waals surface area contributed by atoms with Crippen LogP contribution in [0.5, 0.6) is 5.75 Å². The minimum atomic E-state index is -0.189. The summed E-state index contributed by atoms with van der Waals surface area (Å²) in [5.41, 5.74) is 2.23. The van der Waals surface area contributed by atoms with Crippen LogP contribution in [0.1, 0.15) is 24.1 Å². The molecule has 0 saturated heterocycles. The van der Waals surface area contributed by atoms with Gasteiger partial charge in [-0.3, -0.25) is 0 Å². The van der Waals surface area contributed by atoms with Crippen molar-refractivity contribution in [3.8, 4) is 5.75 Å². The largest absolute Gasteiger partial charge is 0.497 e. The van der Waals surface area contributed by atoms with Crippen molar-refractivity contribution < 1.29 is 9.13 Å². The minimum Gasteiger partial charge on any atom is -0.497 e. The second-order valence-electron chi connectivity index (χ2n) is 4.83. The lowest BCUT2D eigenvalue weighted by atomic mass is 10.1. The molecule has 3 heteroatoms. The van der Waals surface area contributed by atoms with Crippen molar-refractivity contribution in [2.24, 2.45) is 0 Å². The van der Waals surface area contributed by atoms with E-state index in [1.165, 1.54) is 11.6 Å². The molecule has 0 amide bonds. The van der Waals surface area contributed by atoms with Crippen LogP contribution in [0.25, 0.3) is 0 Å². The number of hydrogen-bond acceptors (Lipinski definition) is 2. The molecule has 1 N–H and O–H groups in total. The van der Waals surface area contributed by atoms with Crippen molar-refractivity contribution in [1.82, 2.24) is 5.32 Å². The standard InChI is InChI=1S/C17H20FNO/c1-13(15-4-3-5-16(18)12-15)19-11-10-14-6-8-17(20-2)9-7-14/h3-9,12-13,19H,10-11H2,1-2H3. The molecule has 2 rings (SSSR count). The van der Waals surface area contributed by atoms with Crippen LogP contribution in [0.3, 0.4) is 0 Å². The summed E-state index contributed by atoms with van der Waals surface area (Å²) < 4.78 is 18.3. The second kappa shape index (κ2) is 7.06. The van der Waals surface area contributed by atoms with Crippen LogP contribution in [0.2, 0.25) is 0 Å². The lowest BCUT2D eigenvalue weighted by Gasteiger charge is -2.14. The van der Waals surface area contributed by atoms with Crippen LogP contribution < -0.4 is 10.1 Å². The van der Waals surface area contributed by atoms with Gasteiger partial charge in [0.25, 0.3) is 0 Å². The molecule has 0 bridgehead atoms. The second-order valence-corrected chi connectivity index (χ2v) is 4.83. The van der Waals surface area contributed by atoms with Crippen LogP contribution in [-0.2, 0) is 6.42 Å². The Morgan fingerprint density at radius 2 is 1.90 bits per heavy atom. The third kappa shape index (κ3) is 4.07. The van der Waals surface area contributed by atoms with Crippen molar-refractivity contribution >= 4 is 0 Å². The molecule has 0 spiro atoms. The summed E-state index contributed by atoms with van der Waals surface area (Å²) in [6.45, 7) is 2.90. The maximum Gasteiger partial charge on any atom is 0.123 e. The van der Waals surface area contributed by atoms with Gasteiger partial charge in [0, 0.05) is 6.04 Å². The highest BCUT2D eigenvalue weighted by Gasteiger charge is 2.05. The molecule has 20 heavy (non-hydrogen) atoms. The van der Waals surface area contributed by atoms with Gasteiger partial charge in [-0.15, -0.1) is 0 Å². The van der Waals surface area contributed by atoms with E-state index in [2.05, 4.69) is 17.4 Å². The van der Waals surface area contributed by atoms with E-state index in [0.29, 0.717) is 0 Å². The molecular weight excluding hydrogens is 253 g/mol. The van der Waals surface area contributed by atoms with Gasteiger partial charge < -0.3 is 10.1 Å². The predicted molar refractivity (Wildman–Crippen MR) is 79.5 cm³/mol. The van der Waals surface area contributed by atoms with E-state index in [-0.39, 0.29) is 11.9 Å². The van der Waals surface area contributed by atoms with E-state index in [1.807, 2.05) is 25.1 Å². The first-order valence-electron chi connectivity index (χ1n) is 6.81. The Morgan fingerprint density at radius 1 is 1.15 bits per heavy atom. The molecule has 0 aromatic heterocycles. The quantitative estimate of drug-likeness (QED) is 0.866. The summed E-state index contributed by atoms with van der Waals surface area (Å²) in [6, 6.07) is 14.9. The van der Waals surface area contributed by atoms with Crippen molar-refractivity contribution in [3.05, 3.63) is 65.5 Å². The summed E-state index contributed by atoms with van der Waals surface area (Å²) in [4.78, 5) is 0. The highest BCUT2D eigenvalue weighted by molar-refractivity contribution is 5.27. The fraction of sp³-hybridized carbons (Fsp3) is 0.294. The smallest absolute Gasteiger partial charge is 0.123 e. The first kappa shape index (κ1) is 14.5. The molecule has 2 nitrogen and oxygen atoms in total. The van der Waals surface area contributed by atoms with E-state index < -0.39 is 0 Å². The molecule has 0 saturated carbocycles. The number of nitrogens with one attached hydrogen (secondary N) is 1. The van der Waals surface area contributed by atoms with E-state index in [1.54, 1.807) is 19.2 Å². The molecule has 0 radical (unpaired) electrons. The molecule has 0 fully saturated rings. The zero-order chi connectivity index (χ0) is 14.4. The molecule has 0 heterocycles. The number of halogens is 1. The topological polar surface area (TPSA) is 21.3 Å². The Hall–Kier alpha value is -1.87. The number of hydrogen-bond donors (Lipinski definition) is 1. The van der Waals surface area contributed by atoms with Gasteiger partial charge in [-0.05, 0) is 55.3 Å². The maximum atomic E-state index is 13.1. The maximum absolute atomic E-state index is 13.1. The lowest BCUT2D eigenvalue weighted by molar-refractivity contribution is 0.414. The SMILES string of the molecule is COc1ccc(CCNC(C)c2cccc(F)c2)cc1. The fourth-order valence-electron chi connectivity index (χ4n) is 2.12. The van der Waals surface area contributed by atoms with Crippen LogP contribution in [0.4, 0.5) is 4.39 Å². The molecule has 0 aliphatic carbocycles. The average molecular weight is 273 g/mol. The van der Waals surface area contributed by atoms with Gasteiger partial charge in [0.15, 0.2) is 0 Å². The number of methoxy groups -OCH3 is 1. The number of ether oxygens (including phenoxy) is 1. The van der Waals surface area contributed by atoms with E-state index in [9.17, 15) is 4.39 Å². The van der Waals surface area contributed by atoms with Crippen molar-refractivity contribution in [2.45, 2.75) is 19.4 Å². The van der Waals surface area contributed by atoms with Crippen molar-refractivity contribution in [1.29, 1.82) is 0 Å². The van der Waals surface area contributed by atoms with Crippen LogP contribution in [-0.4, -0.2) is 13.7 Å². The Morgan fingerprint density at radius 3 is 2.55 bits per heavy atom. The van der Waals surface area contributed by atoms with E-state index in [0.717, 1.165) is 24.3 Å². The zero-order valence-electron chi connectivity index (χ0n) is 11.9. The van der Waals surface area contributed by atoms with Gasteiger partial charge in [0.05, 0.1) is 7.11 Å². The highest BCUT2D eigenvalue weighted by Crippen LogP contribution is 2.14. The normalized spacial score (nSPS) is 12.2. The summed E-state index contributed by atoms with van der Waals surface area (Å²) in [5.74, 6) is 0.682. The van der Waals surface area contributed by atoms with E-state index in [4.69, 9.17) is 4.74 Å². The summed E-state index contributed by atoms with van der Waals surface area (Å²) in [6.07, 6.45) is 0.934. The van der Waals surface area contributed by atoms with Gasteiger partial charge >= 0.3 is 0 Å². The van der Waals surface area contributed by atoms with Gasteiger partial charge in [-0.2, -0.15) is 0 Å². The van der Waals surface area contributed by atoms with Crippen LogP contribution >= 0.6 is 0 Å². The molecular formula is C17H20FNO. The Kier molecular flexibility index (Phi) is 5.13. The lowest BCUT2D eigenvalue weighted by Crippen LogP contribution is -2.21. The van der Waals surface area contributed by atoms with Crippen molar-refractivity contribution in [2.75, 3.05) is 13.7 Å².